The second-order valence-electron chi connectivity index (χ2n) is 8.25. The van der Waals surface area contributed by atoms with Gasteiger partial charge in [0.25, 0.3) is 0 Å². The average molecular weight is 530 g/mol. The van der Waals surface area contributed by atoms with Crippen molar-refractivity contribution < 1.29 is 27.6 Å². The summed E-state index contributed by atoms with van der Waals surface area (Å²) in [5.41, 5.74) is -0.230. The van der Waals surface area contributed by atoms with Crippen molar-refractivity contribution in [3.63, 3.8) is 0 Å². The molecule has 2 amide bonds. The lowest BCUT2D eigenvalue weighted by Gasteiger charge is -2.17. The van der Waals surface area contributed by atoms with Gasteiger partial charge in [0.15, 0.2) is 17.3 Å². The number of aromatic nitrogens is 3. The number of hydrogen-bond acceptors (Lipinski definition) is 8. The van der Waals surface area contributed by atoms with Crippen LogP contribution in [0.3, 0.4) is 0 Å². The molecule has 0 radical (unpaired) electrons. The maximum atomic E-state index is 13.2. The van der Waals surface area contributed by atoms with E-state index in [1.807, 2.05) is 25.1 Å². The van der Waals surface area contributed by atoms with Crippen molar-refractivity contribution in [2.24, 2.45) is 0 Å². The summed E-state index contributed by atoms with van der Waals surface area (Å²) in [6.45, 7) is 1.83. The maximum absolute atomic E-state index is 13.2. The Bertz CT molecular complexity index is 1400. The van der Waals surface area contributed by atoms with Crippen LogP contribution in [0, 0.1) is 0 Å². The highest BCUT2D eigenvalue weighted by Gasteiger charge is 2.32. The summed E-state index contributed by atoms with van der Waals surface area (Å²) in [6.07, 6.45) is 1.48. The molecule has 0 spiro atoms. The van der Waals surface area contributed by atoms with Crippen LogP contribution in [-0.2, 0) is 5.41 Å². The molecule has 2 N–H and O–H groups in total. The van der Waals surface area contributed by atoms with Crippen molar-refractivity contribution >= 4 is 40.2 Å². The fraction of sp³-hybridized carbons (Fsp3) is 0.280. The number of urea groups is 1. The fourth-order valence-electron chi connectivity index (χ4n) is 3.36. The molecule has 0 saturated heterocycles. The van der Waals surface area contributed by atoms with Gasteiger partial charge in [0.2, 0.25) is 0 Å². The van der Waals surface area contributed by atoms with Gasteiger partial charge in [0.05, 0.1) is 24.6 Å². The Labute approximate surface area is 215 Å². The van der Waals surface area contributed by atoms with Gasteiger partial charge in [0, 0.05) is 28.1 Å². The van der Waals surface area contributed by atoms with Crippen molar-refractivity contribution in [2.75, 3.05) is 37.7 Å². The summed E-state index contributed by atoms with van der Waals surface area (Å²) in [6, 6.07) is 11.5. The molecule has 12 heteroatoms. The van der Waals surface area contributed by atoms with Crippen molar-refractivity contribution in [3.8, 4) is 11.5 Å². The van der Waals surface area contributed by atoms with Crippen molar-refractivity contribution in [3.05, 3.63) is 54.6 Å². The van der Waals surface area contributed by atoms with E-state index in [4.69, 9.17) is 14.0 Å². The molecule has 9 nitrogen and oxygen atoms in total. The number of methoxy groups -OCH3 is 1. The van der Waals surface area contributed by atoms with Gasteiger partial charge in [-0.05, 0) is 38.1 Å². The number of alkyl halides is 2. The summed E-state index contributed by atoms with van der Waals surface area (Å²) in [5, 5.41) is 10.4. The van der Waals surface area contributed by atoms with E-state index in [9.17, 15) is 13.6 Å². The van der Waals surface area contributed by atoms with Crippen molar-refractivity contribution in [1.82, 2.24) is 15.1 Å². The molecule has 0 aliphatic carbocycles. The number of nitrogens with zero attached hydrogens (tertiary/aromatic N) is 3. The molecule has 0 bridgehead atoms. The molecule has 0 aliphatic heterocycles. The average Bonchev–Trinajstić information content (AvgIpc) is 3.37. The number of rotatable bonds is 10. The summed E-state index contributed by atoms with van der Waals surface area (Å²) < 4.78 is 42.5. The minimum absolute atomic E-state index is 0.00767. The van der Waals surface area contributed by atoms with Gasteiger partial charge in [-0.2, -0.15) is 0 Å². The first-order chi connectivity index (χ1) is 17.9. The predicted octanol–water partition coefficient (Wildman–Crippen LogP) is 6.02. The molecule has 2 aromatic carbocycles. The summed E-state index contributed by atoms with van der Waals surface area (Å²) in [7, 11) is 1.57. The predicted molar refractivity (Wildman–Crippen MR) is 136 cm³/mol. The summed E-state index contributed by atoms with van der Waals surface area (Å²) >= 11 is 1.39. The second-order valence-corrected chi connectivity index (χ2v) is 9.31. The molecule has 37 heavy (non-hydrogen) atoms. The first-order valence-corrected chi connectivity index (χ1v) is 12.1. The van der Waals surface area contributed by atoms with E-state index in [1.54, 1.807) is 25.3 Å². The van der Waals surface area contributed by atoms with Crippen LogP contribution in [0.4, 0.5) is 25.1 Å². The maximum Gasteiger partial charge on any atom is 0.324 e. The van der Waals surface area contributed by atoms with E-state index in [0.717, 1.165) is 10.3 Å². The first-order valence-electron chi connectivity index (χ1n) is 11.3. The highest BCUT2D eigenvalue weighted by atomic mass is 32.2. The van der Waals surface area contributed by atoms with Gasteiger partial charge in [0.1, 0.15) is 30.5 Å². The van der Waals surface area contributed by atoms with Crippen LogP contribution in [-0.4, -0.2) is 48.2 Å². The Morgan fingerprint density at radius 1 is 1.11 bits per heavy atom. The van der Waals surface area contributed by atoms with E-state index in [1.165, 1.54) is 31.1 Å². The number of benzene rings is 2. The molecule has 4 aromatic rings. The standard InChI is InChI=1S/C25H25F2N5O4S/c1-4-35-20-10-18-17(9-19(20)34-3)23(29-14-28-18)37-16-7-5-6-15(8-16)30-24(33)31-22-11-21(36-32-22)25(2,12-26)13-27/h5-11,14H,4,12-13H2,1-3H3,(H2,30,31,32,33). The van der Waals surface area contributed by atoms with E-state index in [-0.39, 0.29) is 11.6 Å². The molecule has 0 atom stereocenters. The SMILES string of the molecule is CCOc1cc2ncnc(Sc3cccc(NC(=O)Nc4cc(C(C)(CF)CF)on4)c3)c2cc1OC. The summed E-state index contributed by atoms with van der Waals surface area (Å²) in [5.74, 6) is 1.22. The number of carbonyl (C=O) groups is 1. The molecule has 2 aromatic heterocycles. The van der Waals surface area contributed by atoms with Gasteiger partial charge >= 0.3 is 6.03 Å². The Morgan fingerprint density at radius 3 is 2.65 bits per heavy atom. The van der Waals surface area contributed by atoms with Crippen molar-refractivity contribution in [1.29, 1.82) is 0 Å². The smallest absolute Gasteiger partial charge is 0.324 e. The number of ether oxygens (including phenoxy) is 2. The zero-order valence-electron chi connectivity index (χ0n) is 20.4. The number of hydrogen-bond donors (Lipinski definition) is 2. The molecule has 0 saturated carbocycles. The highest BCUT2D eigenvalue weighted by molar-refractivity contribution is 7.99. The Kier molecular flexibility index (Phi) is 8.07. The van der Waals surface area contributed by atoms with Crippen LogP contribution in [0.1, 0.15) is 19.6 Å². The van der Waals surface area contributed by atoms with Crippen LogP contribution in [0.15, 0.2) is 63.2 Å². The Morgan fingerprint density at radius 2 is 1.92 bits per heavy atom. The molecular formula is C25H25F2N5O4S. The number of carbonyl (C=O) groups excluding carboxylic acids is 1. The molecular weight excluding hydrogens is 504 g/mol. The van der Waals surface area contributed by atoms with Crippen LogP contribution >= 0.6 is 11.8 Å². The molecule has 0 fully saturated rings. The number of halogens is 2. The normalized spacial score (nSPS) is 11.4. The molecule has 0 aliphatic rings. The van der Waals surface area contributed by atoms with Gasteiger partial charge in [-0.1, -0.05) is 23.0 Å². The topological polar surface area (TPSA) is 111 Å². The number of fused-ring (bicyclic) bond motifs is 1. The van der Waals surface area contributed by atoms with E-state index >= 15 is 0 Å². The van der Waals surface area contributed by atoms with Crippen LogP contribution in [0.5, 0.6) is 11.5 Å². The largest absolute Gasteiger partial charge is 0.493 e. The minimum atomic E-state index is -1.45. The monoisotopic (exact) mass is 529 g/mol. The lowest BCUT2D eigenvalue weighted by molar-refractivity contribution is 0.206. The van der Waals surface area contributed by atoms with E-state index in [2.05, 4.69) is 25.8 Å². The van der Waals surface area contributed by atoms with Crippen LogP contribution < -0.4 is 20.1 Å². The first kappa shape index (κ1) is 26.1. The quantitative estimate of drug-likeness (QED) is 0.240. The van der Waals surface area contributed by atoms with Gasteiger partial charge < -0.3 is 19.3 Å². The van der Waals surface area contributed by atoms with E-state index < -0.39 is 24.8 Å². The second kappa shape index (κ2) is 11.4. The zero-order chi connectivity index (χ0) is 26.4. The van der Waals surface area contributed by atoms with Crippen LogP contribution in [0.2, 0.25) is 0 Å². The Hall–Kier alpha value is -3.93. The van der Waals surface area contributed by atoms with Crippen LogP contribution in [0.25, 0.3) is 10.9 Å². The zero-order valence-corrected chi connectivity index (χ0v) is 21.2. The molecule has 0 unspecified atom stereocenters. The lowest BCUT2D eigenvalue weighted by Crippen LogP contribution is -2.26. The minimum Gasteiger partial charge on any atom is -0.493 e. The number of nitrogens with one attached hydrogen (secondary N) is 2. The molecule has 4 rings (SSSR count). The molecule has 2 heterocycles. The highest BCUT2D eigenvalue weighted by Crippen LogP contribution is 2.37. The fourth-order valence-corrected chi connectivity index (χ4v) is 4.29. The van der Waals surface area contributed by atoms with Crippen molar-refractivity contribution in [2.45, 2.75) is 29.2 Å². The third-order valence-corrected chi connectivity index (χ3v) is 6.44. The third-order valence-electron chi connectivity index (χ3n) is 5.43. The van der Waals surface area contributed by atoms with Gasteiger partial charge in [-0.3, -0.25) is 5.32 Å². The Balaban J connectivity index is 1.48. The number of amides is 2. The van der Waals surface area contributed by atoms with Gasteiger partial charge in [-0.15, -0.1) is 0 Å². The number of anilines is 2. The summed E-state index contributed by atoms with van der Waals surface area (Å²) in [4.78, 5) is 22.1. The van der Waals surface area contributed by atoms with Gasteiger partial charge in [-0.25, -0.2) is 23.5 Å². The third kappa shape index (κ3) is 5.91. The van der Waals surface area contributed by atoms with E-state index in [0.29, 0.717) is 34.3 Å². The lowest BCUT2D eigenvalue weighted by atomic mass is 9.91. The molecule has 194 valence electrons.